The second-order valence-electron chi connectivity index (χ2n) is 6.71. The Balaban J connectivity index is 1.58. The fourth-order valence-electron chi connectivity index (χ4n) is 2.79. The summed E-state index contributed by atoms with van der Waals surface area (Å²) in [7, 11) is 1.81. The van der Waals surface area contributed by atoms with Crippen molar-refractivity contribution in [2.75, 3.05) is 11.1 Å². The number of aromatic nitrogens is 3. The number of benzene rings is 2. The van der Waals surface area contributed by atoms with Crippen molar-refractivity contribution in [1.29, 1.82) is 0 Å². The molecule has 31 heavy (non-hydrogen) atoms. The zero-order valence-corrected chi connectivity index (χ0v) is 18.6. The molecular formula is C20H20ClN5O4S. The average Bonchev–Trinajstić information content (AvgIpc) is 3.09. The van der Waals surface area contributed by atoms with Gasteiger partial charge in [-0.3, -0.25) is 14.9 Å². The molecular weight excluding hydrogens is 442 g/mol. The lowest BCUT2D eigenvalue weighted by molar-refractivity contribution is -0.384. The minimum atomic E-state index is -0.494. The fraction of sp³-hybridized carbons (Fsp3) is 0.250. The van der Waals surface area contributed by atoms with Crippen LogP contribution < -0.4 is 10.1 Å². The van der Waals surface area contributed by atoms with Crippen LogP contribution in [0.1, 0.15) is 24.4 Å². The highest BCUT2D eigenvalue weighted by molar-refractivity contribution is 7.99. The van der Waals surface area contributed by atoms with E-state index >= 15 is 0 Å². The number of rotatable bonds is 8. The molecule has 9 nitrogen and oxygen atoms in total. The minimum absolute atomic E-state index is 0.0379. The summed E-state index contributed by atoms with van der Waals surface area (Å²) in [5.41, 5.74) is 1.36. The number of hydrogen-bond donors (Lipinski definition) is 1. The zero-order valence-electron chi connectivity index (χ0n) is 17.0. The van der Waals surface area contributed by atoms with Gasteiger partial charge in [-0.25, -0.2) is 0 Å². The number of halogens is 1. The van der Waals surface area contributed by atoms with E-state index in [9.17, 15) is 14.9 Å². The van der Waals surface area contributed by atoms with Crippen molar-refractivity contribution in [3.8, 4) is 5.75 Å². The van der Waals surface area contributed by atoms with Crippen LogP contribution in [0.2, 0.25) is 5.02 Å². The fourth-order valence-corrected chi connectivity index (χ4v) is 3.73. The largest absolute Gasteiger partial charge is 0.482 e. The first-order chi connectivity index (χ1) is 14.7. The van der Waals surface area contributed by atoms with E-state index in [-0.39, 0.29) is 23.5 Å². The molecule has 1 N–H and O–H groups in total. The summed E-state index contributed by atoms with van der Waals surface area (Å²) in [4.78, 5) is 22.4. The van der Waals surface area contributed by atoms with Crippen LogP contribution in [-0.4, -0.2) is 31.3 Å². The number of carbonyl (C=O) groups excluding carboxylic acids is 1. The third-order valence-electron chi connectivity index (χ3n) is 4.37. The van der Waals surface area contributed by atoms with E-state index in [1.807, 2.05) is 26.0 Å². The van der Waals surface area contributed by atoms with Crippen LogP contribution in [-0.2, 0) is 11.8 Å². The number of non-ortho nitro benzene ring substituents is 1. The normalized spacial score (nSPS) is 11.7. The van der Waals surface area contributed by atoms with Gasteiger partial charge >= 0.3 is 0 Å². The van der Waals surface area contributed by atoms with Gasteiger partial charge < -0.3 is 14.6 Å². The van der Waals surface area contributed by atoms with Crippen LogP contribution in [0.4, 0.5) is 11.4 Å². The quantitative estimate of drug-likeness (QED) is 0.297. The summed E-state index contributed by atoms with van der Waals surface area (Å²) in [5.74, 6) is 1.17. The molecule has 3 aromatic rings. The van der Waals surface area contributed by atoms with Gasteiger partial charge in [0.2, 0.25) is 5.91 Å². The molecule has 0 aliphatic heterocycles. The van der Waals surface area contributed by atoms with E-state index < -0.39 is 4.92 Å². The van der Waals surface area contributed by atoms with Gasteiger partial charge in [-0.05, 0) is 49.7 Å². The molecule has 0 radical (unpaired) electrons. The monoisotopic (exact) mass is 461 g/mol. The average molecular weight is 462 g/mol. The third-order valence-corrected chi connectivity index (χ3v) is 5.62. The number of nitrogens with zero attached hydrogens (tertiary/aromatic N) is 4. The molecule has 1 heterocycles. The molecule has 0 spiro atoms. The number of nitrogens with one attached hydrogen (secondary N) is 1. The van der Waals surface area contributed by atoms with Crippen LogP contribution >= 0.6 is 23.4 Å². The molecule has 1 amide bonds. The highest BCUT2D eigenvalue weighted by Gasteiger charge is 2.19. The van der Waals surface area contributed by atoms with E-state index in [4.69, 9.17) is 16.3 Å². The summed E-state index contributed by atoms with van der Waals surface area (Å²) in [5, 5.41) is 22.9. The van der Waals surface area contributed by atoms with E-state index in [1.54, 1.807) is 17.7 Å². The first-order valence-electron chi connectivity index (χ1n) is 9.24. The Hall–Kier alpha value is -3.11. The van der Waals surface area contributed by atoms with Crippen molar-refractivity contribution in [1.82, 2.24) is 14.8 Å². The molecule has 0 aliphatic carbocycles. The topological polar surface area (TPSA) is 112 Å². The first kappa shape index (κ1) is 22.6. The van der Waals surface area contributed by atoms with Crippen LogP contribution in [0.5, 0.6) is 5.75 Å². The molecule has 11 heteroatoms. The summed E-state index contributed by atoms with van der Waals surface area (Å²) in [6, 6.07) is 11.0. The number of anilines is 1. The molecule has 1 aromatic heterocycles. The Morgan fingerprint density at radius 2 is 2.00 bits per heavy atom. The van der Waals surface area contributed by atoms with E-state index in [0.29, 0.717) is 27.4 Å². The van der Waals surface area contributed by atoms with Crippen LogP contribution in [0.15, 0.2) is 47.6 Å². The lowest BCUT2D eigenvalue weighted by Crippen LogP contribution is -2.15. The SMILES string of the molecule is Cc1cc(Cl)ccc1OC(C)c1nnc(SCC(=O)Nc2ccc([N+](=O)[O-])cc2)n1C. The van der Waals surface area contributed by atoms with E-state index in [2.05, 4.69) is 15.5 Å². The number of carbonyl (C=O) groups is 1. The Morgan fingerprint density at radius 1 is 1.29 bits per heavy atom. The third kappa shape index (κ3) is 5.74. The number of ether oxygens (including phenoxy) is 1. The number of amides is 1. The van der Waals surface area contributed by atoms with E-state index in [1.165, 1.54) is 36.0 Å². The number of thioether (sulfide) groups is 1. The Morgan fingerprint density at radius 3 is 2.65 bits per heavy atom. The smallest absolute Gasteiger partial charge is 0.269 e. The minimum Gasteiger partial charge on any atom is -0.482 e. The molecule has 0 saturated carbocycles. The Bertz CT molecular complexity index is 1100. The maximum atomic E-state index is 12.2. The van der Waals surface area contributed by atoms with Gasteiger partial charge in [0, 0.05) is 29.9 Å². The van der Waals surface area contributed by atoms with Gasteiger partial charge in [0.15, 0.2) is 17.1 Å². The van der Waals surface area contributed by atoms with Crippen molar-refractivity contribution >= 4 is 40.6 Å². The number of nitro groups is 1. The number of nitro benzene ring substituents is 1. The molecule has 3 rings (SSSR count). The second kappa shape index (κ2) is 9.80. The molecule has 162 valence electrons. The maximum absolute atomic E-state index is 12.2. The highest BCUT2D eigenvalue weighted by Crippen LogP contribution is 2.28. The van der Waals surface area contributed by atoms with Gasteiger partial charge in [0.1, 0.15) is 5.75 Å². The van der Waals surface area contributed by atoms with Gasteiger partial charge in [0.05, 0.1) is 10.7 Å². The maximum Gasteiger partial charge on any atom is 0.269 e. The summed E-state index contributed by atoms with van der Waals surface area (Å²) in [6.45, 7) is 3.78. The zero-order chi connectivity index (χ0) is 22.5. The molecule has 2 aromatic carbocycles. The molecule has 0 saturated heterocycles. The van der Waals surface area contributed by atoms with Gasteiger partial charge in [-0.15, -0.1) is 10.2 Å². The molecule has 1 atom stereocenters. The first-order valence-corrected chi connectivity index (χ1v) is 10.6. The van der Waals surface area contributed by atoms with Crippen LogP contribution in [0, 0.1) is 17.0 Å². The summed E-state index contributed by atoms with van der Waals surface area (Å²) >= 11 is 7.21. The lowest BCUT2D eigenvalue weighted by Gasteiger charge is -2.16. The molecule has 0 bridgehead atoms. The Labute approximate surface area is 187 Å². The predicted molar refractivity (Wildman–Crippen MR) is 119 cm³/mol. The summed E-state index contributed by atoms with van der Waals surface area (Å²) < 4.78 is 7.77. The number of aryl methyl sites for hydroxylation is 1. The van der Waals surface area contributed by atoms with Crippen molar-refractivity contribution in [3.63, 3.8) is 0 Å². The van der Waals surface area contributed by atoms with Crippen molar-refractivity contribution < 1.29 is 14.5 Å². The Kier molecular flexibility index (Phi) is 7.13. The second-order valence-corrected chi connectivity index (χ2v) is 8.09. The van der Waals surface area contributed by atoms with Gasteiger partial charge in [-0.2, -0.15) is 0 Å². The van der Waals surface area contributed by atoms with Crippen LogP contribution in [0.3, 0.4) is 0 Å². The standard InChI is InChI=1S/C20H20ClN5O4S/c1-12-10-14(21)4-9-17(12)30-13(2)19-23-24-20(25(19)3)31-11-18(27)22-15-5-7-16(8-6-15)26(28)29/h4-10,13H,11H2,1-3H3,(H,22,27). The van der Waals surface area contributed by atoms with Crippen LogP contribution in [0.25, 0.3) is 0 Å². The lowest BCUT2D eigenvalue weighted by atomic mass is 10.2. The highest BCUT2D eigenvalue weighted by atomic mass is 35.5. The van der Waals surface area contributed by atoms with Crippen molar-refractivity contribution in [3.05, 3.63) is 69.0 Å². The predicted octanol–water partition coefficient (Wildman–Crippen LogP) is 4.56. The van der Waals surface area contributed by atoms with Crippen molar-refractivity contribution in [2.24, 2.45) is 7.05 Å². The molecule has 0 fully saturated rings. The van der Waals surface area contributed by atoms with E-state index in [0.717, 1.165) is 5.56 Å². The van der Waals surface area contributed by atoms with Crippen molar-refractivity contribution in [2.45, 2.75) is 25.1 Å². The van der Waals surface area contributed by atoms with Gasteiger partial charge in [-0.1, -0.05) is 23.4 Å². The number of hydrogen-bond acceptors (Lipinski definition) is 7. The molecule has 0 aliphatic rings. The van der Waals surface area contributed by atoms with Gasteiger partial charge in [0.25, 0.3) is 5.69 Å². The molecule has 1 unspecified atom stereocenters. The summed E-state index contributed by atoms with van der Waals surface area (Å²) in [6.07, 6.45) is -0.360.